The van der Waals surface area contributed by atoms with E-state index in [1.165, 1.54) is 29.8 Å². The molecule has 2 rings (SSSR count). The van der Waals surface area contributed by atoms with Gasteiger partial charge in [-0.1, -0.05) is 45.0 Å². The Morgan fingerprint density at radius 1 is 0.800 bits per heavy atom. The molecule has 0 aliphatic carbocycles. The van der Waals surface area contributed by atoms with E-state index in [0.717, 1.165) is 11.8 Å². The Balaban J connectivity index is 2.11. The molecule has 0 amide bonds. The molecule has 0 spiro atoms. The maximum Gasteiger partial charge on any atom is 0.240 e. The zero-order valence-corrected chi connectivity index (χ0v) is 16.4. The van der Waals surface area contributed by atoms with Crippen molar-refractivity contribution in [3.63, 3.8) is 0 Å². The first-order valence-electron chi connectivity index (χ1n) is 7.79. The van der Waals surface area contributed by atoms with Gasteiger partial charge in [0.15, 0.2) is 9.84 Å². The molecule has 0 unspecified atom stereocenters. The summed E-state index contributed by atoms with van der Waals surface area (Å²) in [6.45, 7) is 6.52. The van der Waals surface area contributed by atoms with Crippen molar-refractivity contribution in [2.24, 2.45) is 0 Å². The Hall–Kier alpha value is -1.70. The summed E-state index contributed by atoms with van der Waals surface area (Å²) in [4.78, 5) is 0.121. The van der Waals surface area contributed by atoms with E-state index in [2.05, 4.69) is 25.5 Å². The first kappa shape index (κ1) is 19.6. The minimum atomic E-state index is -3.70. The average Bonchev–Trinajstić information content (AvgIpc) is 2.52. The van der Waals surface area contributed by atoms with Crippen LogP contribution in [0.5, 0.6) is 0 Å². The third-order valence-electron chi connectivity index (χ3n) is 3.85. The highest BCUT2D eigenvalue weighted by Gasteiger charge is 2.16. The average molecular weight is 382 g/mol. The van der Waals surface area contributed by atoms with Crippen LogP contribution < -0.4 is 4.72 Å². The first-order valence-corrected chi connectivity index (χ1v) is 11.2. The number of benzene rings is 2. The summed E-state index contributed by atoms with van der Waals surface area (Å²) < 4.78 is 50.1. The van der Waals surface area contributed by atoms with Crippen LogP contribution >= 0.6 is 0 Å². The molecule has 0 radical (unpaired) electrons. The van der Waals surface area contributed by atoms with Crippen LogP contribution in [-0.2, 0) is 31.8 Å². The Kier molecular flexibility index (Phi) is 5.41. The van der Waals surface area contributed by atoms with Crippen molar-refractivity contribution in [3.8, 4) is 0 Å². The molecule has 2 aromatic rings. The van der Waals surface area contributed by atoms with Gasteiger partial charge in [0.2, 0.25) is 10.0 Å². The Morgan fingerprint density at radius 2 is 1.28 bits per heavy atom. The number of nitrogens with one attached hydrogen (secondary N) is 1. The van der Waals surface area contributed by atoms with E-state index in [1.54, 1.807) is 0 Å². The minimum Gasteiger partial charge on any atom is -0.224 e. The Labute approximate surface area is 150 Å². The molecule has 0 fully saturated rings. The smallest absolute Gasteiger partial charge is 0.224 e. The van der Waals surface area contributed by atoms with Crippen LogP contribution in [0.2, 0.25) is 0 Å². The fraction of sp³-hybridized carbons (Fsp3) is 0.333. The van der Waals surface area contributed by atoms with Gasteiger partial charge in [0.25, 0.3) is 0 Å². The molecule has 5 nitrogen and oxygen atoms in total. The number of hydrogen-bond donors (Lipinski definition) is 1. The molecule has 7 heteroatoms. The predicted octanol–water partition coefficient (Wildman–Crippen LogP) is 2.87. The summed E-state index contributed by atoms with van der Waals surface area (Å²) in [6.07, 6.45) is 1.08. The highest BCUT2D eigenvalue weighted by molar-refractivity contribution is 7.90. The van der Waals surface area contributed by atoms with Crippen LogP contribution in [0.25, 0.3) is 0 Å². The second kappa shape index (κ2) is 6.90. The quantitative estimate of drug-likeness (QED) is 0.864. The lowest BCUT2D eigenvalue weighted by atomic mass is 9.87. The van der Waals surface area contributed by atoms with Gasteiger partial charge in [-0.15, -0.1) is 0 Å². The lowest BCUT2D eigenvalue weighted by Crippen LogP contribution is -2.23. The van der Waals surface area contributed by atoms with Crippen LogP contribution in [0.3, 0.4) is 0 Å². The summed E-state index contributed by atoms with van der Waals surface area (Å²) in [6, 6.07) is 13.0. The van der Waals surface area contributed by atoms with E-state index in [-0.39, 0.29) is 21.8 Å². The van der Waals surface area contributed by atoms with Crippen molar-refractivity contribution in [1.82, 2.24) is 4.72 Å². The molecular weight excluding hydrogens is 358 g/mol. The molecule has 0 saturated heterocycles. The maximum absolute atomic E-state index is 12.3. The normalized spacial score (nSPS) is 13.0. The fourth-order valence-corrected chi connectivity index (χ4v) is 3.90. The molecule has 0 heterocycles. The van der Waals surface area contributed by atoms with Gasteiger partial charge in [-0.05, 0) is 40.8 Å². The van der Waals surface area contributed by atoms with Crippen LogP contribution in [0, 0.1) is 0 Å². The molecule has 0 bridgehead atoms. The second-order valence-electron chi connectivity index (χ2n) is 7.02. The van der Waals surface area contributed by atoms with Gasteiger partial charge in [0.05, 0.1) is 9.79 Å². The first-order chi connectivity index (χ1) is 11.4. The number of hydrogen-bond acceptors (Lipinski definition) is 4. The van der Waals surface area contributed by atoms with Crippen LogP contribution in [0.1, 0.15) is 31.9 Å². The predicted molar refractivity (Wildman–Crippen MR) is 98.7 cm³/mol. The van der Waals surface area contributed by atoms with Crippen LogP contribution in [0.15, 0.2) is 58.3 Å². The van der Waals surface area contributed by atoms with Crippen molar-refractivity contribution < 1.29 is 16.8 Å². The fourth-order valence-electron chi connectivity index (χ4n) is 2.25. The van der Waals surface area contributed by atoms with Crippen molar-refractivity contribution in [3.05, 3.63) is 59.7 Å². The van der Waals surface area contributed by atoms with E-state index in [1.807, 2.05) is 24.3 Å². The van der Waals surface area contributed by atoms with E-state index in [0.29, 0.717) is 0 Å². The monoisotopic (exact) mass is 381 g/mol. The number of rotatable bonds is 5. The molecule has 2 aromatic carbocycles. The van der Waals surface area contributed by atoms with E-state index >= 15 is 0 Å². The molecule has 0 atom stereocenters. The topological polar surface area (TPSA) is 80.3 Å². The van der Waals surface area contributed by atoms with Crippen molar-refractivity contribution >= 4 is 19.9 Å². The molecule has 1 N–H and O–H groups in total. The van der Waals surface area contributed by atoms with Crippen LogP contribution in [-0.4, -0.2) is 23.1 Å². The lowest BCUT2D eigenvalue weighted by Gasteiger charge is -2.19. The minimum absolute atomic E-state index is 0.0335. The Bertz CT molecular complexity index is 938. The van der Waals surface area contributed by atoms with E-state index < -0.39 is 19.9 Å². The molecule has 0 aliphatic rings. The lowest BCUT2D eigenvalue weighted by molar-refractivity contribution is 0.579. The van der Waals surface area contributed by atoms with E-state index in [9.17, 15) is 16.8 Å². The largest absolute Gasteiger partial charge is 0.240 e. The van der Waals surface area contributed by atoms with Gasteiger partial charge in [-0.25, -0.2) is 21.6 Å². The third kappa shape index (κ3) is 5.14. The second-order valence-corrected chi connectivity index (χ2v) is 10.8. The van der Waals surface area contributed by atoms with Gasteiger partial charge in [-0.2, -0.15) is 0 Å². The van der Waals surface area contributed by atoms with Gasteiger partial charge >= 0.3 is 0 Å². The summed E-state index contributed by atoms with van der Waals surface area (Å²) in [7, 11) is -7.06. The summed E-state index contributed by atoms with van der Waals surface area (Å²) in [5.74, 6) is 0. The maximum atomic E-state index is 12.3. The van der Waals surface area contributed by atoms with E-state index in [4.69, 9.17) is 0 Å². The molecular formula is C18H23NO4S2. The summed E-state index contributed by atoms with van der Waals surface area (Å²) in [5, 5.41) is 0. The number of sulfonamides is 1. The SMILES string of the molecule is CC(C)(C)c1ccc(CNS(=O)(=O)c2ccc(S(C)(=O)=O)cc2)cc1. The highest BCUT2D eigenvalue weighted by atomic mass is 32.2. The standard InChI is InChI=1S/C18H23NO4S2/c1-18(2,3)15-7-5-14(6-8-15)13-19-25(22,23)17-11-9-16(10-12-17)24(4,20)21/h5-12,19H,13H2,1-4H3. The third-order valence-corrected chi connectivity index (χ3v) is 6.39. The molecule has 0 saturated carbocycles. The van der Waals surface area contributed by atoms with Gasteiger partial charge in [-0.3, -0.25) is 0 Å². The number of sulfone groups is 1. The van der Waals surface area contributed by atoms with Crippen molar-refractivity contribution in [2.45, 2.75) is 42.5 Å². The molecule has 0 aromatic heterocycles. The molecule has 136 valence electrons. The van der Waals surface area contributed by atoms with Gasteiger partial charge in [0.1, 0.15) is 0 Å². The zero-order chi connectivity index (χ0) is 18.9. The van der Waals surface area contributed by atoms with Crippen LogP contribution in [0.4, 0.5) is 0 Å². The summed E-state index contributed by atoms with van der Waals surface area (Å²) >= 11 is 0. The molecule has 25 heavy (non-hydrogen) atoms. The Morgan fingerprint density at radius 3 is 1.72 bits per heavy atom. The summed E-state index contributed by atoms with van der Waals surface area (Å²) in [5.41, 5.74) is 2.07. The van der Waals surface area contributed by atoms with Crippen molar-refractivity contribution in [1.29, 1.82) is 0 Å². The van der Waals surface area contributed by atoms with Crippen molar-refractivity contribution in [2.75, 3.05) is 6.26 Å². The zero-order valence-electron chi connectivity index (χ0n) is 14.8. The van der Waals surface area contributed by atoms with Gasteiger partial charge < -0.3 is 0 Å². The highest BCUT2D eigenvalue weighted by Crippen LogP contribution is 2.22. The molecule has 0 aliphatic heterocycles. The van der Waals surface area contributed by atoms with Gasteiger partial charge in [0, 0.05) is 12.8 Å².